The van der Waals surface area contributed by atoms with Crippen molar-refractivity contribution in [3.63, 3.8) is 0 Å². The van der Waals surface area contributed by atoms with E-state index in [2.05, 4.69) is 55.5 Å². The SMILES string of the molecule is Cc1ccc2oc3ccccc3c2c1-c1ccccc1. The number of hydrogen-bond acceptors (Lipinski definition) is 1. The number of hydrogen-bond donors (Lipinski definition) is 0. The Morgan fingerprint density at radius 2 is 1.45 bits per heavy atom. The van der Waals surface area contributed by atoms with Gasteiger partial charge in [0.25, 0.3) is 0 Å². The van der Waals surface area contributed by atoms with E-state index in [1.807, 2.05) is 18.2 Å². The third-order valence-electron chi connectivity index (χ3n) is 3.81. The van der Waals surface area contributed by atoms with E-state index in [-0.39, 0.29) is 0 Å². The lowest BCUT2D eigenvalue weighted by Gasteiger charge is -2.07. The number of benzene rings is 3. The van der Waals surface area contributed by atoms with E-state index in [1.54, 1.807) is 0 Å². The predicted octanol–water partition coefficient (Wildman–Crippen LogP) is 5.56. The zero-order valence-electron chi connectivity index (χ0n) is 11.3. The van der Waals surface area contributed by atoms with E-state index in [4.69, 9.17) is 4.42 Å². The Bertz CT molecular complexity index is 901. The van der Waals surface area contributed by atoms with Gasteiger partial charge in [0.05, 0.1) is 0 Å². The minimum Gasteiger partial charge on any atom is -0.456 e. The van der Waals surface area contributed by atoms with Crippen LogP contribution in [0.15, 0.2) is 71.1 Å². The van der Waals surface area contributed by atoms with Crippen LogP contribution in [0.4, 0.5) is 0 Å². The van der Waals surface area contributed by atoms with E-state index < -0.39 is 0 Å². The minimum atomic E-state index is 0.949. The van der Waals surface area contributed by atoms with E-state index >= 15 is 0 Å². The van der Waals surface area contributed by atoms with Crippen molar-refractivity contribution in [2.45, 2.75) is 6.92 Å². The second-order valence-corrected chi connectivity index (χ2v) is 5.09. The molecule has 0 aliphatic rings. The number of fused-ring (bicyclic) bond motifs is 3. The molecule has 1 heteroatoms. The highest BCUT2D eigenvalue weighted by Crippen LogP contribution is 2.38. The van der Waals surface area contributed by atoms with Crippen LogP contribution < -0.4 is 0 Å². The fourth-order valence-electron chi connectivity index (χ4n) is 2.90. The van der Waals surface area contributed by atoms with Crippen molar-refractivity contribution in [1.82, 2.24) is 0 Å². The summed E-state index contributed by atoms with van der Waals surface area (Å²) >= 11 is 0. The molecule has 0 amide bonds. The van der Waals surface area contributed by atoms with Crippen molar-refractivity contribution in [2.75, 3.05) is 0 Å². The standard InChI is InChI=1S/C19H14O/c1-13-11-12-17-19(15-9-5-6-10-16(15)20-17)18(13)14-7-3-2-4-8-14/h2-12H,1H3. The number of rotatable bonds is 1. The molecule has 0 N–H and O–H groups in total. The van der Waals surface area contributed by atoms with Gasteiger partial charge in [0, 0.05) is 10.8 Å². The monoisotopic (exact) mass is 258 g/mol. The number of aryl methyl sites for hydroxylation is 1. The topological polar surface area (TPSA) is 13.1 Å². The van der Waals surface area contributed by atoms with Gasteiger partial charge in [-0.3, -0.25) is 0 Å². The van der Waals surface area contributed by atoms with Gasteiger partial charge in [0.15, 0.2) is 0 Å². The Hall–Kier alpha value is -2.54. The molecule has 4 aromatic rings. The Kier molecular flexibility index (Phi) is 2.40. The summed E-state index contributed by atoms with van der Waals surface area (Å²) in [4.78, 5) is 0. The van der Waals surface area contributed by atoms with Crippen molar-refractivity contribution in [3.05, 3.63) is 72.3 Å². The number of para-hydroxylation sites is 1. The van der Waals surface area contributed by atoms with Crippen LogP contribution in [0.5, 0.6) is 0 Å². The highest BCUT2D eigenvalue weighted by Gasteiger charge is 2.13. The summed E-state index contributed by atoms with van der Waals surface area (Å²) in [5.74, 6) is 0. The molecule has 0 fully saturated rings. The van der Waals surface area contributed by atoms with Gasteiger partial charge in [-0.25, -0.2) is 0 Å². The van der Waals surface area contributed by atoms with Crippen molar-refractivity contribution < 1.29 is 4.42 Å². The molecule has 1 nitrogen and oxygen atoms in total. The first-order chi connectivity index (χ1) is 9.84. The lowest BCUT2D eigenvalue weighted by molar-refractivity contribution is 0.669. The zero-order chi connectivity index (χ0) is 13.5. The fourth-order valence-corrected chi connectivity index (χ4v) is 2.90. The maximum atomic E-state index is 5.97. The van der Waals surface area contributed by atoms with Crippen molar-refractivity contribution in [3.8, 4) is 11.1 Å². The molecule has 1 heterocycles. The molecule has 20 heavy (non-hydrogen) atoms. The molecule has 0 aliphatic heterocycles. The Balaban J connectivity index is 2.21. The average Bonchev–Trinajstić information content (AvgIpc) is 2.87. The molecular formula is C19H14O. The van der Waals surface area contributed by atoms with E-state index in [1.165, 1.54) is 27.5 Å². The molecule has 1 aromatic heterocycles. The second-order valence-electron chi connectivity index (χ2n) is 5.09. The van der Waals surface area contributed by atoms with Crippen molar-refractivity contribution >= 4 is 21.9 Å². The lowest BCUT2D eigenvalue weighted by atomic mass is 9.95. The molecule has 0 aliphatic carbocycles. The van der Waals surface area contributed by atoms with Gasteiger partial charge >= 0.3 is 0 Å². The van der Waals surface area contributed by atoms with E-state index in [0.29, 0.717) is 0 Å². The van der Waals surface area contributed by atoms with Crippen LogP contribution >= 0.6 is 0 Å². The lowest BCUT2D eigenvalue weighted by Crippen LogP contribution is -1.84. The highest BCUT2D eigenvalue weighted by molar-refractivity contribution is 6.13. The summed E-state index contributed by atoms with van der Waals surface area (Å²) in [6, 6.07) is 23.0. The molecular weight excluding hydrogens is 244 g/mol. The predicted molar refractivity (Wildman–Crippen MR) is 83.9 cm³/mol. The number of furan rings is 1. The quantitative estimate of drug-likeness (QED) is 0.435. The van der Waals surface area contributed by atoms with Crippen molar-refractivity contribution in [2.24, 2.45) is 0 Å². The first-order valence-corrected chi connectivity index (χ1v) is 6.81. The van der Waals surface area contributed by atoms with Crippen LogP contribution in [-0.4, -0.2) is 0 Å². The van der Waals surface area contributed by atoms with Crippen LogP contribution in [0.25, 0.3) is 33.1 Å². The van der Waals surface area contributed by atoms with E-state index in [9.17, 15) is 0 Å². The summed E-state index contributed by atoms with van der Waals surface area (Å²) < 4.78 is 5.97. The molecule has 0 spiro atoms. The molecule has 0 saturated carbocycles. The first kappa shape index (κ1) is 11.3. The summed E-state index contributed by atoms with van der Waals surface area (Å²) in [6.07, 6.45) is 0. The molecule has 0 saturated heterocycles. The smallest absolute Gasteiger partial charge is 0.136 e. The minimum absolute atomic E-state index is 0.949. The van der Waals surface area contributed by atoms with Gasteiger partial charge < -0.3 is 4.42 Å². The fraction of sp³-hybridized carbons (Fsp3) is 0.0526. The molecule has 96 valence electrons. The zero-order valence-corrected chi connectivity index (χ0v) is 11.3. The van der Waals surface area contributed by atoms with Crippen LogP contribution in [0.1, 0.15) is 5.56 Å². The molecule has 0 bridgehead atoms. The van der Waals surface area contributed by atoms with Crippen LogP contribution in [-0.2, 0) is 0 Å². The normalized spacial score (nSPS) is 11.2. The molecule has 0 unspecified atom stereocenters. The summed E-state index contributed by atoms with van der Waals surface area (Å²) in [6.45, 7) is 2.16. The largest absolute Gasteiger partial charge is 0.456 e. The second kappa shape index (κ2) is 4.24. The van der Waals surface area contributed by atoms with Crippen LogP contribution in [0.2, 0.25) is 0 Å². The maximum Gasteiger partial charge on any atom is 0.136 e. The molecule has 4 rings (SSSR count). The van der Waals surface area contributed by atoms with Gasteiger partial charge in [-0.15, -0.1) is 0 Å². The average molecular weight is 258 g/mol. The third kappa shape index (κ3) is 1.56. The Morgan fingerprint density at radius 3 is 2.30 bits per heavy atom. The summed E-state index contributed by atoms with van der Waals surface area (Å²) in [5, 5.41) is 2.40. The molecule has 3 aromatic carbocycles. The third-order valence-corrected chi connectivity index (χ3v) is 3.81. The van der Waals surface area contributed by atoms with Crippen LogP contribution in [0.3, 0.4) is 0 Å². The van der Waals surface area contributed by atoms with Gasteiger partial charge in [-0.1, -0.05) is 54.6 Å². The van der Waals surface area contributed by atoms with Gasteiger partial charge in [-0.05, 0) is 35.7 Å². The van der Waals surface area contributed by atoms with Gasteiger partial charge in [0.1, 0.15) is 11.2 Å². The maximum absolute atomic E-state index is 5.97. The summed E-state index contributed by atoms with van der Waals surface area (Å²) in [5.41, 5.74) is 5.69. The first-order valence-electron chi connectivity index (χ1n) is 6.81. The Labute approximate surface area is 117 Å². The Morgan fingerprint density at radius 1 is 0.700 bits per heavy atom. The highest BCUT2D eigenvalue weighted by atomic mass is 16.3. The van der Waals surface area contributed by atoms with Crippen molar-refractivity contribution in [1.29, 1.82) is 0 Å². The van der Waals surface area contributed by atoms with Crippen LogP contribution in [0, 0.1) is 6.92 Å². The van der Waals surface area contributed by atoms with Gasteiger partial charge in [-0.2, -0.15) is 0 Å². The van der Waals surface area contributed by atoms with Gasteiger partial charge in [0.2, 0.25) is 0 Å². The van der Waals surface area contributed by atoms with E-state index in [0.717, 1.165) is 11.2 Å². The molecule has 0 radical (unpaired) electrons. The molecule has 0 atom stereocenters. The summed E-state index contributed by atoms with van der Waals surface area (Å²) in [7, 11) is 0.